The summed E-state index contributed by atoms with van der Waals surface area (Å²) in [6.07, 6.45) is -1.93. The number of alkyl halides is 3. The highest BCUT2D eigenvalue weighted by Gasteiger charge is 2.33. The van der Waals surface area contributed by atoms with Crippen LogP contribution < -0.4 is 10.6 Å². The van der Waals surface area contributed by atoms with Crippen LogP contribution >= 0.6 is 35.3 Å². The Balaban J connectivity index is 0.00000300. The Morgan fingerprint density at radius 2 is 2.07 bits per heavy atom. The van der Waals surface area contributed by atoms with Crippen molar-refractivity contribution in [3.63, 3.8) is 0 Å². The first kappa shape index (κ1) is 23.4. The number of thiazole rings is 1. The highest BCUT2D eigenvalue weighted by molar-refractivity contribution is 14.0. The maximum absolute atomic E-state index is 13.3. The number of aromatic amines is 1. The molecule has 0 saturated carbocycles. The fourth-order valence-electron chi connectivity index (χ4n) is 2.68. The van der Waals surface area contributed by atoms with E-state index in [1.807, 2.05) is 13.1 Å². The summed E-state index contributed by atoms with van der Waals surface area (Å²) in [6, 6.07) is 4.60. The zero-order chi connectivity index (χ0) is 20.1. The lowest BCUT2D eigenvalue weighted by molar-refractivity contribution is -0.140. The molecule has 0 spiro atoms. The third-order valence-electron chi connectivity index (χ3n) is 3.98. The normalized spacial score (nSPS) is 12.1. The lowest BCUT2D eigenvalue weighted by Crippen LogP contribution is -2.38. The number of aromatic nitrogens is 2. The summed E-state index contributed by atoms with van der Waals surface area (Å²) in [5, 5.41) is 8.44. The van der Waals surface area contributed by atoms with Crippen molar-refractivity contribution in [2.45, 2.75) is 26.1 Å². The van der Waals surface area contributed by atoms with Gasteiger partial charge in [0.15, 0.2) is 11.7 Å². The van der Waals surface area contributed by atoms with E-state index in [9.17, 15) is 17.6 Å². The molecule has 3 aromatic rings. The lowest BCUT2D eigenvalue weighted by atomic mass is 10.1. The molecule has 0 radical (unpaired) electrons. The second-order valence-electron chi connectivity index (χ2n) is 6.00. The van der Waals surface area contributed by atoms with Gasteiger partial charge in [0, 0.05) is 35.6 Å². The monoisotopic (exact) mass is 541 g/mol. The van der Waals surface area contributed by atoms with Crippen LogP contribution in [-0.4, -0.2) is 29.0 Å². The Morgan fingerprint density at radius 3 is 2.76 bits per heavy atom. The maximum Gasteiger partial charge on any atom is 0.434 e. The van der Waals surface area contributed by atoms with E-state index in [1.165, 1.54) is 12.1 Å². The number of nitrogens with zero attached hydrogens (tertiary/aromatic N) is 2. The number of halogens is 5. The number of nitrogens with one attached hydrogen (secondary N) is 3. The molecule has 5 nitrogen and oxygen atoms in total. The molecule has 0 bridgehead atoms. The van der Waals surface area contributed by atoms with Gasteiger partial charge in [0.05, 0.1) is 6.54 Å². The summed E-state index contributed by atoms with van der Waals surface area (Å²) < 4.78 is 51.1. The summed E-state index contributed by atoms with van der Waals surface area (Å²) in [5.74, 6) is 0.202. The van der Waals surface area contributed by atoms with Gasteiger partial charge >= 0.3 is 6.18 Å². The van der Waals surface area contributed by atoms with Gasteiger partial charge in [0.25, 0.3) is 0 Å². The predicted octanol–water partition coefficient (Wildman–Crippen LogP) is 4.70. The number of hydrogen-bond acceptors (Lipinski definition) is 3. The molecule has 0 unspecified atom stereocenters. The Bertz CT molecular complexity index is 967. The number of benzene rings is 1. The van der Waals surface area contributed by atoms with E-state index >= 15 is 0 Å². The third-order valence-corrected chi connectivity index (χ3v) is 4.81. The van der Waals surface area contributed by atoms with E-state index in [2.05, 4.69) is 25.6 Å². The van der Waals surface area contributed by atoms with Crippen molar-refractivity contribution in [2.75, 3.05) is 13.1 Å². The highest BCUT2D eigenvalue weighted by atomic mass is 127. The van der Waals surface area contributed by atoms with Gasteiger partial charge in [0.1, 0.15) is 10.8 Å². The molecule has 0 aliphatic rings. The molecule has 3 N–H and O–H groups in total. The minimum absolute atomic E-state index is 0. The van der Waals surface area contributed by atoms with E-state index in [0.717, 1.165) is 33.2 Å². The van der Waals surface area contributed by atoms with E-state index in [-0.39, 0.29) is 36.3 Å². The van der Waals surface area contributed by atoms with Gasteiger partial charge in [-0.25, -0.2) is 14.4 Å². The Hall–Kier alpha value is -1.89. The summed E-state index contributed by atoms with van der Waals surface area (Å²) >= 11 is 0.932. The van der Waals surface area contributed by atoms with Crippen molar-refractivity contribution in [3.8, 4) is 0 Å². The SMILES string of the molecule is CCNC(=NCc1nc(C(F)(F)F)cs1)NCCc1c[nH]c2cc(F)ccc12.I. The number of aliphatic imine (C=N–C) groups is 1. The molecule has 0 atom stereocenters. The summed E-state index contributed by atoms with van der Waals surface area (Å²) in [7, 11) is 0. The molecule has 29 heavy (non-hydrogen) atoms. The molecule has 0 aliphatic heterocycles. The third kappa shape index (κ3) is 6.29. The first-order chi connectivity index (χ1) is 13.4. The minimum Gasteiger partial charge on any atom is -0.361 e. The molecule has 2 heterocycles. The highest BCUT2D eigenvalue weighted by Crippen LogP contribution is 2.30. The van der Waals surface area contributed by atoms with E-state index < -0.39 is 11.9 Å². The summed E-state index contributed by atoms with van der Waals surface area (Å²) in [5.41, 5.74) is 0.879. The van der Waals surface area contributed by atoms with Crippen LogP contribution in [0.1, 0.15) is 23.2 Å². The summed E-state index contributed by atoms with van der Waals surface area (Å²) in [4.78, 5) is 10.9. The fraction of sp³-hybridized carbons (Fsp3) is 0.333. The lowest BCUT2D eigenvalue weighted by Gasteiger charge is -2.10. The number of rotatable bonds is 6. The van der Waals surface area contributed by atoms with Crippen LogP contribution in [0.3, 0.4) is 0 Å². The van der Waals surface area contributed by atoms with Crippen molar-refractivity contribution in [3.05, 3.63) is 51.9 Å². The molecule has 0 fully saturated rings. The van der Waals surface area contributed by atoms with Gasteiger partial charge in [-0.2, -0.15) is 13.2 Å². The second kappa shape index (κ2) is 10.2. The van der Waals surface area contributed by atoms with E-state index in [1.54, 1.807) is 6.07 Å². The summed E-state index contributed by atoms with van der Waals surface area (Å²) in [6.45, 7) is 3.13. The van der Waals surface area contributed by atoms with Crippen molar-refractivity contribution in [1.29, 1.82) is 0 Å². The fourth-order valence-corrected chi connectivity index (χ4v) is 3.41. The molecule has 1 aromatic carbocycles. The molecule has 0 amide bonds. The average molecular weight is 541 g/mol. The number of fused-ring (bicyclic) bond motifs is 1. The number of H-pyrrole nitrogens is 1. The molecule has 3 rings (SSSR count). The molecular formula is C18H20F4IN5S. The van der Waals surface area contributed by atoms with Crippen LogP contribution in [0, 0.1) is 5.82 Å². The van der Waals surface area contributed by atoms with Crippen LogP contribution in [-0.2, 0) is 19.1 Å². The molecule has 158 valence electrons. The largest absolute Gasteiger partial charge is 0.434 e. The molecule has 0 aliphatic carbocycles. The number of hydrogen-bond donors (Lipinski definition) is 3. The van der Waals surface area contributed by atoms with Crippen LogP contribution in [0.25, 0.3) is 10.9 Å². The van der Waals surface area contributed by atoms with Gasteiger partial charge < -0.3 is 15.6 Å². The van der Waals surface area contributed by atoms with Crippen molar-refractivity contribution < 1.29 is 17.6 Å². The Kier molecular flexibility index (Phi) is 8.25. The van der Waals surface area contributed by atoms with E-state index in [4.69, 9.17) is 0 Å². The Labute approximate surface area is 186 Å². The predicted molar refractivity (Wildman–Crippen MR) is 117 cm³/mol. The van der Waals surface area contributed by atoms with Crippen LogP contribution in [0.5, 0.6) is 0 Å². The topological polar surface area (TPSA) is 65.1 Å². The zero-order valence-corrected chi connectivity index (χ0v) is 18.6. The van der Waals surface area contributed by atoms with Gasteiger partial charge in [-0.05, 0) is 37.1 Å². The van der Waals surface area contributed by atoms with Gasteiger partial charge in [-0.15, -0.1) is 35.3 Å². The average Bonchev–Trinajstić information content (AvgIpc) is 3.26. The van der Waals surface area contributed by atoms with Crippen LogP contribution in [0.2, 0.25) is 0 Å². The first-order valence-corrected chi connectivity index (χ1v) is 9.54. The van der Waals surface area contributed by atoms with Gasteiger partial charge in [0.2, 0.25) is 0 Å². The van der Waals surface area contributed by atoms with Crippen molar-refractivity contribution in [2.24, 2.45) is 4.99 Å². The van der Waals surface area contributed by atoms with Crippen LogP contribution in [0.15, 0.2) is 34.8 Å². The van der Waals surface area contributed by atoms with Crippen molar-refractivity contribution in [1.82, 2.24) is 20.6 Å². The van der Waals surface area contributed by atoms with E-state index in [0.29, 0.717) is 30.5 Å². The van der Waals surface area contributed by atoms with Gasteiger partial charge in [-0.1, -0.05) is 0 Å². The van der Waals surface area contributed by atoms with Crippen LogP contribution in [0.4, 0.5) is 17.6 Å². The zero-order valence-electron chi connectivity index (χ0n) is 15.4. The molecular weight excluding hydrogens is 521 g/mol. The second-order valence-corrected chi connectivity index (χ2v) is 6.94. The molecule has 11 heteroatoms. The quantitative estimate of drug-likeness (QED) is 0.184. The standard InChI is InChI=1S/C18H19F4N5S.HI/c1-2-23-17(26-9-16-27-15(10-28-16)18(20,21)22)24-6-5-11-8-25-14-7-12(19)3-4-13(11)14;/h3-4,7-8,10,25H,2,5-6,9H2,1H3,(H2,23,24,26);1H. The minimum atomic E-state index is -4.44. The smallest absolute Gasteiger partial charge is 0.361 e. The maximum atomic E-state index is 13.3. The Morgan fingerprint density at radius 1 is 1.28 bits per heavy atom. The van der Waals surface area contributed by atoms with Gasteiger partial charge in [-0.3, -0.25) is 0 Å². The molecule has 2 aromatic heterocycles. The van der Waals surface area contributed by atoms with Crippen molar-refractivity contribution >= 4 is 52.2 Å². The molecule has 0 saturated heterocycles. The first-order valence-electron chi connectivity index (χ1n) is 8.66. The number of guanidine groups is 1.